The highest BCUT2D eigenvalue weighted by atomic mass is 16.7. The predicted molar refractivity (Wildman–Crippen MR) is 58.7 cm³/mol. The van der Waals surface area contributed by atoms with E-state index >= 15 is 0 Å². The van der Waals surface area contributed by atoms with Gasteiger partial charge in [0.1, 0.15) is 12.3 Å². The molecule has 0 aliphatic carbocycles. The summed E-state index contributed by atoms with van der Waals surface area (Å²) in [4.78, 5) is 26.1. The molecule has 0 spiro atoms. The second-order valence-corrected chi connectivity index (χ2v) is 3.73. The largest absolute Gasteiger partial charge is 0.461 e. The zero-order chi connectivity index (χ0) is 12.8. The predicted octanol–water partition coefficient (Wildman–Crippen LogP) is 0.939. The maximum Gasteiger partial charge on any atom is 0.293 e. The molecule has 1 N–H and O–H groups in total. The minimum absolute atomic E-state index is 0.112. The van der Waals surface area contributed by atoms with Gasteiger partial charge in [0, 0.05) is 0 Å². The molecule has 0 aliphatic rings. The van der Waals surface area contributed by atoms with E-state index < -0.39 is 5.60 Å². The number of ketones is 1. The molecule has 6 heteroatoms. The van der Waals surface area contributed by atoms with Crippen molar-refractivity contribution in [1.29, 1.82) is 5.41 Å². The molecule has 0 heterocycles. The first-order chi connectivity index (χ1) is 7.31. The Kier molecular flexibility index (Phi) is 5.35. The quantitative estimate of drug-likeness (QED) is 0.399. The Morgan fingerprint density at radius 1 is 1.44 bits per heavy atom. The Hall–Kier alpha value is -1.72. The SMILES string of the molecule is CC(=N)/C(COC=O)=N/OC(C)(C)C(C)=O. The van der Waals surface area contributed by atoms with Crippen molar-refractivity contribution in [2.75, 3.05) is 6.61 Å². The van der Waals surface area contributed by atoms with Gasteiger partial charge in [-0.3, -0.25) is 9.59 Å². The van der Waals surface area contributed by atoms with Crippen LogP contribution >= 0.6 is 0 Å². The van der Waals surface area contributed by atoms with E-state index in [1.807, 2.05) is 0 Å². The number of rotatable bonds is 7. The fourth-order valence-corrected chi connectivity index (χ4v) is 0.550. The van der Waals surface area contributed by atoms with E-state index in [4.69, 9.17) is 10.2 Å². The number of nitrogens with one attached hydrogen (secondary N) is 1. The van der Waals surface area contributed by atoms with Crippen molar-refractivity contribution < 1.29 is 19.2 Å². The Balaban J connectivity index is 4.62. The molecule has 0 rings (SSSR count). The summed E-state index contributed by atoms with van der Waals surface area (Å²) in [6.45, 7) is 6.11. The van der Waals surface area contributed by atoms with Crippen LogP contribution in [0.1, 0.15) is 27.7 Å². The molecule has 0 aromatic carbocycles. The molecular weight excluding hydrogens is 212 g/mol. The van der Waals surface area contributed by atoms with Gasteiger partial charge in [-0.1, -0.05) is 5.16 Å². The molecule has 0 fully saturated rings. The van der Waals surface area contributed by atoms with Crippen LogP contribution in [0, 0.1) is 5.41 Å². The van der Waals surface area contributed by atoms with Gasteiger partial charge in [-0.25, -0.2) is 0 Å². The number of oxime groups is 1. The number of Topliss-reactive ketones (excluding diaryl/α,β-unsaturated/α-hetero) is 1. The van der Waals surface area contributed by atoms with Gasteiger partial charge in [0.05, 0.1) is 5.71 Å². The molecule has 0 bridgehead atoms. The van der Waals surface area contributed by atoms with Gasteiger partial charge in [0.25, 0.3) is 6.47 Å². The highest BCUT2D eigenvalue weighted by Gasteiger charge is 2.26. The molecular formula is C10H16N2O4. The van der Waals surface area contributed by atoms with Crippen LogP contribution in [-0.4, -0.2) is 35.9 Å². The second kappa shape index (κ2) is 5.99. The standard InChI is InChI=1S/C10H16N2O4/c1-7(11)9(5-15-6-13)12-16-10(3,4)8(2)14/h6,11H,5H2,1-4H3/b11-7?,12-9+. The Bertz CT molecular complexity index is 321. The van der Waals surface area contributed by atoms with Crippen LogP contribution in [0.5, 0.6) is 0 Å². The average molecular weight is 228 g/mol. The molecule has 16 heavy (non-hydrogen) atoms. The van der Waals surface area contributed by atoms with Crippen LogP contribution in [-0.2, 0) is 19.2 Å². The number of hydrogen-bond donors (Lipinski definition) is 1. The smallest absolute Gasteiger partial charge is 0.293 e. The maximum atomic E-state index is 11.1. The third-order valence-electron chi connectivity index (χ3n) is 1.95. The van der Waals surface area contributed by atoms with E-state index in [0.717, 1.165) is 0 Å². The van der Waals surface area contributed by atoms with Gasteiger partial charge in [0.15, 0.2) is 11.4 Å². The third kappa shape index (κ3) is 4.68. The lowest BCUT2D eigenvalue weighted by Gasteiger charge is -2.19. The van der Waals surface area contributed by atoms with Gasteiger partial charge in [-0.15, -0.1) is 0 Å². The topological polar surface area (TPSA) is 88.8 Å². The van der Waals surface area contributed by atoms with Crippen molar-refractivity contribution in [3.63, 3.8) is 0 Å². The number of nitrogens with zero attached hydrogens (tertiary/aromatic N) is 1. The molecule has 0 saturated carbocycles. The van der Waals surface area contributed by atoms with Gasteiger partial charge in [-0.05, 0) is 27.7 Å². The molecule has 0 saturated heterocycles. The Morgan fingerprint density at radius 3 is 2.38 bits per heavy atom. The van der Waals surface area contributed by atoms with E-state index in [-0.39, 0.29) is 30.3 Å². The fourth-order valence-electron chi connectivity index (χ4n) is 0.550. The van der Waals surface area contributed by atoms with Crippen LogP contribution in [0.3, 0.4) is 0 Å². The maximum absolute atomic E-state index is 11.1. The minimum Gasteiger partial charge on any atom is -0.461 e. The lowest BCUT2D eigenvalue weighted by atomic mass is 10.1. The molecule has 0 atom stereocenters. The average Bonchev–Trinajstić information content (AvgIpc) is 2.16. The van der Waals surface area contributed by atoms with Crippen molar-refractivity contribution in [1.82, 2.24) is 0 Å². The first kappa shape index (κ1) is 14.3. The summed E-state index contributed by atoms with van der Waals surface area (Å²) < 4.78 is 4.47. The van der Waals surface area contributed by atoms with E-state index in [0.29, 0.717) is 0 Å². The molecule has 0 aromatic rings. The summed E-state index contributed by atoms with van der Waals surface area (Å²) in [6, 6.07) is 0. The molecule has 90 valence electrons. The summed E-state index contributed by atoms with van der Waals surface area (Å²) in [5, 5.41) is 11.0. The molecule has 0 aromatic heterocycles. The first-order valence-electron chi connectivity index (χ1n) is 4.68. The van der Waals surface area contributed by atoms with Crippen molar-refractivity contribution in [3.05, 3.63) is 0 Å². The number of carbonyl (C=O) groups excluding carboxylic acids is 2. The summed E-state index contributed by atoms with van der Waals surface area (Å²) in [6.07, 6.45) is 0. The van der Waals surface area contributed by atoms with Crippen LogP contribution < -0.4 is 0 Å². The molecule has 0 aliphatic heterocycles. The van der Waals surface area contributed by atoms with Gasteiger partial charge < -0.3 is 15.0 Å². The van der Waals surface area contributed by atoms with Crippen LogP contribution in [0.2, 0.25) is 0 Å². The molecule has 0 radical (unpaired) electrons. The lowest BCUT2D eigenvalue weighted by Crippen LogP contribution is -2.32. The summed E-state index contributed by atoms with van der Waals surface area (Å²) in [5.41, 5.74) is -0.773. The van der Waals surface area contributed by atoms with Crippen LogP contribution in [0.4, 0.5) is 0 Å². The Morgan fingerprint density at radius 2 is 2.00 bits per heavy atom. The van der Waals surface area contributed by atoms with Crippen molar-refractivity contribution in [2.45, 2.75) is 33.3 Å². The molecule has 0 amide bonds. The molecule has 6 nitrogen and oxygen atoms in total. The highest BCUT2D eigenvalue weighted by molar-refractivity contribution is 6.40. The van der Waals surface area contributed by atoms with Crippen LogP contribution in [0.25, 0.3) is 0 Å². The normalized spacial score (nSPS) is 11.9. The highest BCUT2D eigenvalue weighted by Crippen LogP contribution is 2.10. The second-order valence-electron chi connectivity index (χ2n) is 3.73. The van der Waals surface area contributed by atoms with E-state index in [1.54, 1.807) is 13.8 Å². The summed E-state index contributed by atoms with van der Waals surface area (Å²) >= 11 is 0. The third-order valence-corrected chi connectivity index (χ3v) is 1.95. The summed E-state index contributed by atoms with van der Waals surface area (Å²) in [7, 11) is 0. The zero-order valence-corrected chi connectivity index (χ0v) is 9.86. The number of ether oxygens (including phenoxy) is 1. The van der Waals surface area contributed by atoms with Crippen molar-refractivity contribution in [3.8, 4) is 0 Å². The summed E-state index contributed by atoms with van der Waals surface area (Å²) in [5.74, 6) is -0.186. The lowest BCUT2D eigenvalue weighted by molar-refractivity contribution is -0.138. The van der Waals surface area contributed by atoms with E-state index in [9.17, 15) is 9.59 Å². The van der Waals surface area contributed by atoms with E-state index in [1.165, 1.54) is 13.8 Å². The number of carbonyl (C=O) groups is 2. The zero-order valence-electron chi connectivity index (χ0n) is 9.86. The van der Waals surface area contributed by atoms with Gasteiger partial charge in [-0.2, -0.15) is 0 Å². The van der Waals surface area contributed by atoms with Gasteiger partial charge >= 0.3 is 0 Å². The van der Waals surface area contributed by atoms with Gasteiger partial charge in [0.2, 0.25) is 0 Å². The van der Waals surface area contributed by atoms with E-state index in [2.05, 4.69) is 9.89 Å². The Labute approximate surface area is 94.1 Å². The van der Waals surface area contributed by atoms with Crippen molar-refractivity contribution in [2.24, 2.45) is 5.16 Å². The monoisotopic (exact) mass is 228 g/mol. The van der Waals surface area contributed by atoms with Crippen LogP contribution in [0.15, 0.2) is 5.16 Å². The molecule has 0 unspecified atom stereocenters. The number of hydrogen-bond acceptors (Lipinski definition) is 6. The fraction of sp³-hybridized carbons (Fsp3) is 0.600. The first-order valence-corrected chi connectivity index (χ1v) is 4.68. The minimum atomic E-state index is -1.05. The van der Waals surface area contributed by atoms with Crippen molar-refractivity contribution >= 4 is 23.7 Å².